The minimum Gasteiger partial charge on any atom is -0.462 e. The normalized spacial score (nSPS) is 14.7. The fourth-order valence-electron chi connectivity index (χ4n) is 2.40. The van der Waals surface area contributed by atoms with Crippen molar-refractivity contribution in [2.45, 2.75) is 19.8 Å². The quantitative estimate of drug-likeness (QED) is 0.546. The number of nitrogens with one attached hydrogen (secondary N) is 2. The van der Waals surface area contributed by atoms with E-state index >= 15 is 0 Å². The van der Waals surface area contributed by atoms with Gasteiger partial charge in [0, 0.05) is 18.8 Å². The van der Waals surface area contributed by atoms with E-state index in [0.717, 1.165) is 6.54 Å². The Morgan fingerprint density at radius 3 is 2.28 bits per heavy atom. The largest absolute Gasteiger partial charge is 0.462 e. The molecular formula is C18H25N3O4. The van der Waals surface area contributed by atoms with Gasteiger partial charge in [-0.15, -0.1) is 0 Å². The minimum absolute atomic E-state index is 0.227. The number of carbonyl (C=O) groups is 3. The summed E-state index contributed by atoms with van der Waals surface area (Å²) in [5, 5.41) is 5.58. The molecule has 1 aromatic rings. The number of benzene rings is 1. The number of rotatable bonds is 8. The molecule has 2 N–H and O–H groups in total. The van der Waals surface area contributed by atoms with Gasteiger partial charge in [0.1, 0.15) is 5.41 Å². The van der Waals surface area contributed by atoms with Crippen LogP contribution in [0.1, 0.15) is 30.1 Å². The van der Waals surface area contributed by atoms with Crippen LogP contribution in [0.2, 0.25) is 0 Å². The Balaban J connectivity index is 1.92. The predicted molar refractivity (Wildman–Crippen MR) is 94.3 cm³/mol. The zero-order valence-corrected chi connectivity index (χ0v) is 14.9. The molecule has 2 amide bonds. The van der Waals surface area contributed by atoms with Gasteiger partial charge >= 0.3 is 5.97 Å². The molecule has 0 aromatic heterocycles. The molecule has 7 heteroatoms. The zero-order valence-electron chi connectivity index (χ0n) is 14.9. The maximum Gasteiger partial charge on any atom is 0.338 e. The first-order valence-corrected chi connectivity index (χ1v) is 8.40. The molecule has 1 fully saturated rings. The fourth-order valence-corrected chi connectivity index (χ4v) is 2.40. The lowest BCUT2D eigenvalue weighted by atomic mass is 10.0. The van der Waals surface area contributed by atoms with E-state index in [1.165, 1.54) is 0 Å². The average molecular weight is 347 g/mol. The minimum atomic E-state index is -0.966. The van der Waals surface area contributed by atoms with Crippen molar-refractivity contribution in [1.29, 1.82) is 0 Å². The third kappa shape index (κ3) is 4.79. The first-order chi connectivity index (χ1) is 11.9. The molecule has 1 saturated carbocycles. The van der Waals surface area contributed by atoms with Crippen molar-refractivity contribution in [2.24, 2.45) is 5.41 Å². The van der Waals surface area contributed by atoms with Crippen molar-refractivity contribution in [2.75, 3.05) is 39.1 Å². The van der Waals surface area contributed by atoms with Crippen molar-refractivity contribution < 1.29 is 19.1 Å². The highest BCUT2D eigenvalue weighted by molar-refractivity contribution is 6.13. The van der Waals surface area contributed by atoms with Gasteiger partial charge in [-0.3, -0.25) is 9.59 Å². The number of hydrogen-bond donors (Lipinski definition) is 2. The maximum absolute atomic E-state index is 12.5. The van der Waals surface area contributed by atoms with E-state index in [-0.39, 0.29) is 11.8 Å². The van der Waals surface area contributed by atoms with Crippen molar-refractivity contribution in [1.82, 2.24) is 10.2 Å². The highest BCUT2D eigenvalue weighted by Gasteiger charge is 2.56. The predicted octanol–water partition coefficient (Wildman–Crippen LogP) is 1.26. The first kappa shape index (κ1) is 18.9. The van der Waals surface area contributed by atoms with Crippen LogP contribution in [0.3, 0.4) is 0 Å². The molecule has 7 nitrogen and oxygen atoms in total. The van der Waals surface area contributed by atoms with E-state index in [1.807, 2.05) is 19.0 Å². The van der Waals surface area contributed by atoms with E-state index in [4.69, 9.17) is 4.74 Å². The standard InChI is InChI=1S/C18H25N3O4/c1-4-25-15(22)13-5-7-14(8-6-13)20-17(24)18(9-10-18)16(23)19-11-12-21(2)3/h5-8H,4,9-12H2,1-3H3,(H,19,23)(H,20,24). The zero-order chi connectivity index (χ0) is 18.4. The lowest BCUT2D eigenvalue weighted by Crippen LogP contribution is -2.42. The number of likely N-dealkylation sites (N-methyl/N-ethyl adjacent to an activating group) is 1. The summed E-state index contributed by atoms with van der Waals surface area (Å²) in [5.74, 6) is -0.937. The van der Waals surface area contributed by atoms with Gasteiger partial charge in [0.15, 0.2) is 0 Å². The highest BCUT2D eigenvalue weighted by atomic mass is 16.5. The average Bonchev–Trinajstić information content (AvgIpc) is 3.37. The maximum atomic E-state index is 12.5. The monoisotopic (exact) mass is 347 g/mol. The van der Waals surface area contributed by atoms with Crippen LogP contribution in [0.15, 0.2) is 24.3 Å². The molecular weight excluding hydrogens is 322 g/mol. The Hall–Kier alpha value is -2.41. The summed E-state index contributed by atoms with van der Waals surface area (Å²) in [7, 11) is 3.84. The van der Waals surface area contributed by atoms with Crippen molar-refractivity contribution in [3.05, 3.63) is 29.8 Å². The Morgan fingerprint density at radius 1 is 1.12 bits per heavy atom. The van der Waals surface area contributed by atoms with Crippen molar-refractivity contribution in [3.8, 4) is 0 Å². The second-order valence-electron chi connectivity index (χ2n) is 6.39. The first-order valence-electron chi connectivity index (χ1n) is 8.40. The second-order valence-corrected chi connectivity index (χ2v) is 6.39. The van der Waals surface area contributed by atoms with E-state index in [9.17, 15) is 14.4 Å². The fraction of sp³-hybridized carbons (Fsp3) is 0.500. The molecule has 0 spiro atoms. The van der Waals surface area contributed by atoms with Gasteiger partial charge in [-0.25, -0.2) is 4.79 Å². The number of amides is 2. The lowest BCUT2D eigenvalue weighted by Gasteiger charge is -2.17. The summed E-state index contributed by atoms with van der Waals surface area (Å²) >= 11 is 0. The Bertz CT molecular complexity index is 636. The van der Waals surface area contributed by atoms with Gasteiger partial charge in [0.05, 0.1) is 12.2 Å². The van der Waals surface area contributed by atoms with Crippen LogP contribution in [-0.2, 0) is 14.3 Å². The topological polar surface area (TPSA) is 87.7 Å². The molecule has 0 unspecified atom stereocenters. The third-order valence-corrected chi connectivity index (χ3v) is 4.12. The van der Waals surface area contributed by atoms with E-state index in [0.29, 0.717) is 37.2 Å². The molecule has 25 heavy (non-hydrogen) atoms. The molecule has 1 aliphatic rings. The smallest absolute Gasteiger partial charge is 0.338 e. The van der Waals surface area contributed by atoms with E-state index in [1.54, 1.807) is 31.2 Å². The van der Waals surface area contributed by atoms with Gasteiger partial charge in [0.25, 0.3) is 0 Å². The number of esters is 1. The summed E-state index contributed by atoms with van der Waals surface area (Å²) in [6.45, 7) is 3.28. The summed E-state index contributed by atoms with van der Waals surface area (Å²) < 4.78 is 4.92. The molecule has 2 rings (SSSR count). The SMILES string of the molecule is CCOC(=O)c1ccc(NC(=O)C2(C(=O)NCCN(C)C)CC2)cc1. The van der Waals surface area contributed by atoms with E-state index in [2.05, 4.69) is 10.6 Å². The van der Waals surface area contributed by atoms with Gasteiger partial charge in [-0.05, 0) is 58.1 Å². The lowest BCUT2D eigenvalue weighted by molar-refractivity contribution is -0.134. The van der Waals surface area contributed by atoms with Crippen LogP contribution < -0.4 is 10.6 Å². The molecule has 0 saturated heterocycles. The van der Waals surface area contributed by atoms with Crippen LogP contribution in [0.5, 0.6) is 0 Å². The molecule has 0 bridgehead atoms. The number of hydrogen-bond acceptors (Lipinski definition) is 5. The highest BCUT2D eigenvalue weighted by Crippen LogP contribution is 2.46. The molecule has 1 aliphatic carbocycles. The van der Waals surface area contributed by atoms with Crippen LogP contribution in [0, 0.1) is 5.41 Å². The van der Waals surface area contributed by atoms with Crippen LogP contribution in [0.4, 0.5) is 5.69 Å². The van der Waals surface area contributed by atoms with Gasteiger partial charge < -0.3 is 20.3 Å². The Kier molecular flexibility index (Phi) is 6.14. The number of anilines is 1. The number of ether oxygens (including phenoxy) is 1. The summed E-state index contributed by atoms with van der Waals surface area (Å²) in [4.78, 5) is 38.4. The van der Waals surface area contributed by atoms with Gasteiger partial charge in [-0.2, -0.15) is 0 Å². The summed E-state index contributed by atoms with van der Waals surface area (Å²) in [5.41, 5.74) is -0.000564. The molecule has 1 aromatic carbocycles. The summed E-state index contributed by atoms with van der Waals surface area (Å²) in [6.07, 6.45) is 1.10. The van der Waals surface area contributed by atoms with E-state index < -0.39 is 11.4 Å². The van der Waals surface area contributed by atoms with Crippen molar-refractivity contribution >= 4 is 23.5 Å². The number of carbonyl (C=O) groups excluding carboxylic acids is 3. The molecule has 0 radical (unpaired) electrons. The molecule has 0 aliphatic heterocycles. The molecule has 136 valence electrons. The molecule has 0 atom stereocenters. The molecule has 0 heterocycles. The van der Waals surface area contributed by atoms with Gasteiger partial charge in [-0.1, -0.05) is 0 Å². The summed E-state index contributed by atoms with van der Waals surface area (Å²) in [6, 6.07) is 6.43. The van der Waals surface area contributed by atoms with Gasteiger partial charge in [0.2, 0.25) is 11.8 Å². The van der Waals surface area contributed by atoms with Crippen LogP contribution >= 0.6 is 0 Å². The Morgan fingerprint density at radius 2 is 1.76 bits per heavy atom. The van der Waals surface area contributed by atoms with Crippen LogP contribution in [-0.4, -0.2) is 56.5 Å². The second kappa shape index (κ2) is 8.11. The third-order valence-electron chi connectivity index (χ3n) is 4.12. The van der Waals surface area contributed by atoms with Crippen molar-refractivity contribution in [3.63, 3.8) is 0 Å². The Labute approximate surface area is 147 Å². The van der Waals surface area contributed by atoms with Crippen LogP contribution in [0.25, 0.3) is 0 Å². The number of nitrogens with zero attached hydrogens (tertiary/aromatic N) is 1.